The lowest BCUT2D eigenvalue weighted by Gasteiger charge is -2.37. The third-order valence-electron chi connectivity index (χ3n) is 9.90. The summed E-state index contributed by atoms with van der Waals surface area (Å²) in [5.74, 6) is 0.638. The third kappa shape index (κ3) is 7.89. The maximum absolute atomic E-state index is 14.0. The number of ether oxygens (including phenoxy) is 1. The zero-order chi connectivity index (χ0) is 30.2. The number of hydrogen-bond donors (Lipinski definition) is 2. The molecule has 8 heteroatoms. The smallest absolute Gasteiger partial charge is 0.287 e. The second-order valence-corrected chi connectivity index (χ2v) is 13.1. The minimum absolute atomic E-state index is 0.000266. The molecule has 0 bridgehead atoms. The van der Waals surface area contributed by atoms with Gasteiger partial charge in [0.15, 0.2) is 5.76 Å². The van der Waals surface area contributed by atoms with Gasteiger partial charge in [-0.15, -0.1) is 0 Å². The van der Waals surface area contributed by atoms with Crippen LogP contribution in [-0.2, 0) is 16.0 Å². The molecule has 3 aliphatic rings. The Morgan fingerprint density at radius 1 is 0.909 bits per heavy atom. The van der Waals surface area contributed by atoms with Gasteiger partial charge in [-0.2, -0.15) is 0 Å². The predicted molar refractivity (Wildman–Crippen MR) is 173 cm³/mol. The van der Waals surface area contributed by atoms with Crippen LogP contribution in [0.5, 0.6) is 0 Å². The van der Waals surface area contributed by atoms with E-state index in [9.17, 15) is 9.59 Å². The van der Waals surface area contributed by atoms with Crippen LogP contribution in [0.4, 0.5) is 0 Å². The van der Waals surface area contributed by atoms with Gasteiger partial charge in [0.25, 0.3) is 5.91 Å². The van der Waals surface area contributed by atoms with Gasteiger partial charge in [0.05, 0.1) is 0 Å². The quantitative estimate of drug-likeness (QED) is 0.304. The van der Waals surface area contributed by atoms with Crippen molar-refractivity contribution in [3.63, 3.8) is 0 Å². The van der Waals surface area contributed by atoms with Gasteiger partial charge in [0.2, 0.25) is 5.91 Å². The predicted octanol–water partition coefficient (Wildman–Crippen LogP) is 5.03. The van der Waals surface area contributed by atoms with Crippen LogP contribution in [0.1, 0.15) is 67.5 Å². The average molecular weight is 601 g/mol. The molecule has 6 rings (SSSR count). The second-order valence-electron chi connectivity index (χ2n) is 13.1. The van der Waals surface area contributed by atoms with E-state index in [1.807, 2.05) is 30.3 Å². The van der Waals surface area contributed by atoms with Crippen LogP contribution in [0, 0.1) is 5.92 Å². The molecule has 3 heterocycles. The minimum atomic E-state index is -0.911. The summed E-state index contributed by atoms with van der Waals surface area (Å²) in [5, 5.41) is 7.40. The Labute approximate surface area is 261 Å². The zero-order valence-electron chi connectivity index (χ0n) is 26.0. The van der Waals surface area contributed by atoms with E-state index in [4.69, 9.17) is 9.15 Å². The van der Waals surface area contributed by atoms with Gasteiger partial charge in [-0.1, -0.05) is 61.4 Å². The van der Waals surface area contributed by atoms with Crippen molar-refractivity contribution in [3.8, 4) is 0 Å². The van der Waals surface area contributed by atoms with Gasteiger partial charge in [-0.3, -0.25) is 9.59 Å². The first-order valence-corrected chi connectivity index (χ1v) is 16.7. The van der Waals surface area contributed by atoms with Crippen molar-refractivity contribution in [2.75, 3.05) is 52.5 Å². The van der Waals surface area contributed by atoms with Gasteiger partial charge in [-0.25, -0.2) is 0 Å². The van der Waals surface area contributed by atoms with Crippen molar-refractivity contribution in [1.82, 2.24) is 20.4 Å². The highest BCUT2D eigenvalue weighted by molar-refractivity contribution is 6.00. The minimum Gasteiger partial charge on any atom is -0.451 e. The van der Waals surface area contributed by atoms with Crippen molar-refractivity contribution < 1.29 is 18.7 Å². The van der Waals surface area contributed by atoms with Crippen LogP contribution < -0.4 is 10.6 Å². The van der Waals surface area contributed by atoms with E-state index in [0.29, 0.717) is 18.4 Å². The van der Waals surface area contributed by atoms with E-state index < -0.39 is 5.54 Å². The van der Waals surface area contributed by atoms with Gasteiger partial charge >= 0.3 is 0 Å². The molecule has 1 aromatic heterocycles. The number of amides is 2. The number of benzene rings is 2. The van der Waals surface area contributed by atoms with Crippen LogP contribution in [-0.4, -0.2) is 85.7 Å². The molecule has 2 saturated heterocycles. The molecule has 2 amide bonds. The van der Waals surface area contributed by atoms with Crippen LogP contribution in [0.2, 0.25) is 0 Å². The van der Waals surface area contributed by atoms with Crippen molar-refractivity contribution in [3.05, 3.63) is 72.0 Å². The van der Waals surface area contributed by atoms with Crippen molar-refractivity contribution >= 4 is 22.8 Å². The largest absolute Gasteiger partial charge is 0.451 e. The maximum Gasteiger partial charge on any atom is 0.287 e. The number of hydrogen-bond acceptors (Lipinski definition) is 6. The lowest BCUT2D eigenvalue weighted by atomic mass is 9.93. The Kier molecular flexibility index (Phi) is 10.3. The third-order valence-corrected chi connectivity index (χ3v) is 9.90. The van der Waals surface area contributed by atoms with Gasteiger partial charge in [0, 0.05) is 57.4 Å². The fourth-order valence-electron chi connectivity index (χ4n) is 7.26. The number of carbonyl (C=O) groups excluding carboxylic acids is 2. The standard InChI is InChI=1S/C36H48N4O4/c41-34(33-26-30-11-4-5-13-32(30)44-33)38-36(16-6-7-17-36)35(42)37-31(25-28-9-2-1-3-10-28)12-8-18-39-19-21-40(22-20-39)27-29-14-23-43-24-15-29/h1-5,9-11,13,26,29,31H,6-8,12,14-25,27H2,(H,37,42)(H,38,41)/t31-/m0/s1. The lowest BCUT2D eigenvalue weighted by molar-refractivity contribution is -0.128. The van der Waals surface area contributed by atoms with Crippen LogP contribution in [0.3, 0.4) is 0 Å². The van der Waals surface area contributed by atoms with Crippen molar-refractivity contribution in [1.29, 1.82) is 0 Å². The SMILES string of the molecule is O=C(NC1(C(=O)N[C@@H](CCCN2CCN(CC3CCOCC3)CC2)Cc2ccccc2)CCCC1)c1cc2ccccc2o1. The molecule has 2 aliphatic heterocycles. The van der Waals surface area contributed by atoms with E-state index in [1.165, 1.54) is 24.9 Å². The highest BCUT2D eigenvalue weighted by atomic mass is 16.5. The molecule has 3 aromatic rings. The number of nitrogens with one attached hydrogen (secondary N) is 2. The molecule has 44 heavy (non-hydrogen) atoms. The average Bonchev–Trinajstić information content (AvgIpc) is 3.71. The molecular weight excluding hydrogens is 552 g/mol. The maximum atomic E-state index is 14.0. The van der Waals surface area contributed by atoms with Gasteiger partial charge < -0.3 is 29.6 Å². The summed E-state index contributed by atoms with van der Waals surface area (Å²) in [6, 6.07) is 19.7. The molecule has 236 valence electrons. The second kappa shape index (κ2) is 14.7. The van der Waals surface area contributed by atoms with E-state index in [0.717, 1.165) is 89.3 Å². The first-order chi connectivity index (χ1) is 21.6. The van der Waals surface area contributed by atoms with Crippen LogP contribution in [0.15, 0.2) is 65.1 Å². The molecule has 8 nitrogen and oxygen atoms in total. The number of furan rings is 1. The summed E-state index contributed by atoms with van der Waals surface area (Å²) in [7, 11) is 0. The Morgan fingerprint density at radius 2 is 1.61 bits per heavy atom. The Hall–Kier alpha value is -3.20. The highest BCUT2D eigenvalue weighted by Crippen LogP contribution is 2.31. The molecule has 2 aromatic carbocycles. The number of para-hydroxylation sites is 1. The molecule has 0 spiro atoms. The summed E-state index contributed by atoms with van der Waals surface area (Å²) in [4.78, 5) is 32.5. The van der Waals surface area contributed by atoms with Crippen LogP contribution in [0.25, 0.3) is 11.0 Å². The summed E-state index contributed by atoms with van der Waals surface area (Å²) in [6.07, 6.45) is 8.20. The topological polar surface area (TPSA) is 87.1 Å². The molecule has 0 unspecified atom stereocenters. The molecule has 2 N–H and O–H groups in total. The van der Waals surface area contributed by atoms with Gasteiger partial charge in [-0.05, 0) is 75.1 Å². The Balaban J connectivity index is 1.04. The normalized spacial score (nSPS) is 20.5. The van der Waals surface area contributed by atoms with E-state index in [1.54, 1.807) is 6.07 Å². The van der Waals surface area contributed by atoms with Crippen molar-refractivity contribution in [2.24, 2.45) is 5.92 Å². The number of rotatable bonds is 12. The number of fused-ring (bicyclic) bond motifs is 1. The summed E-state index contributed by atoms with van der Waals surface area (Å²) >= 11 is 0. The highest BCUT2D eigenvalue weighted by Gasteiger charge is 2.43. The Bertz CT molecular complexity index is 1320. The summed E-state index contributed by atoms with van der Waals surface area (Å²) in [5.41, 5.74) is 0.976. The Morgan fingerprint density at radius 3 is 2.36 bits per heavy atom. The van der Waals surface area contributed by atoms with E-state index in [2.05, 4.69) is 44.7 Å². The molecular formula is C36H48N4O4. The summed E-state index contributed by atoms with van der Waals surface area (Å²) < 4.78 is 11.4. The number of carbonyl (C=O) groups is 2. The first kappa shape index (κ1) is 30.8. The van der Waals surface area contributed by atoms with Crippen molar-refractivity contribution in [2.45, 2.75) is 69.4 Å². The van der Waals surface area contributed by atoms with E-state index in [-0.39, 0.29) is 23.6 Å². The first-order valence-electron chi connectivity index (χ1n) is 16.7. The molecule has 1 saturated carbocycles. The molecule has 1 atom stereocenters. The molecule has 1 aliphatic carbocycles. The molecule has 3 fully saturated rings. The fourth-order valence-corrected chi connectivity index (χ4v) is 7.26. The summed E-state index contributed by atoms with van der Waals surface area (Å²) in [6.45, 7) is 8.56. The molecule has 0 radical (unpaired) electrons. The number of nitrogens with zero attached hydrogens (tertiary/aromatic N) is 2. The van der Waals surface area contributed by atoms with Crippen LogP contribution >= 0.6 is 0 Å². The zero-order valence-corrected chi connectivity index (χ0v) is 26.0. The lowest BCUT2D eigenvalue weighted by Crippen LogP contribution is -2.59. The fraction of sp³-hybridized carbons (Fsp3) is 0.556. The number of piperazine rings is 1. The van der Waals surface area contributed by atoms with Gasteiger partial charge in [0.1, 0.15) is 11.1 Å². The van der Waals surface area contributed by atoms with E-state index >= 15 is 0 Å². The monoisotopic (exact) mass is 600 g/mol.